The Labute approximate surface area is 120 Å². The zero-order valence-electron chi connectivity index (χ0n) is 12.4. The van der Waals surface area contributed by atoms with Gasteiger partial charge >= 0.3 is 0 Å². The Balaban J connectivity index is 1.47. The van der Waals surface area contributed by atoms with Crippen molar-refractivity contribution in [2.45, 2.75) is 37.8 Å². The highest BCUT2D eigenvalue weighted by molar-refractivity contribution is 5.00. The second-order valence-electron chi connectivity index (χ2n) is 5.96. The normalized spacial score (nSPS) is 23.9. The third kappa shape index (κ3) is 3.37. The van der Waals surface area contributed by atoms with Crippen molar-refractivity contribution < 1.29 is 9.15 Å². The Bertz CT molecular complexity index is 433. The van der Waals surface area contributed by atoms with Crippen molar-refractivity contribution in [2.75, 3.05) is 40.4 Å². The topological polar surface area (TPSA) is 54.6 Å². The van der Waals surface area contributed by atoms with E-state index in [0.29, 0.717) is 12.0 Å². The monoisotopic (exact) mass is 280 g/mol. The van der Waals surface area contributed by atoms with Crippen LogP contribution in [-0.4, -0.2) is 66.4 Å². The summed E-state index contributed by atoms with van der Waals surface area (Å²) in [4.78, 5) is 4.78. The molecule has 0 bridgehead atoms. The van der Waals surface area contributed by atoms with Crippen LogP contribution in [0.5, 0.6) is 0 Å². The molecule has 2 aliphatic rings. The predicted octanol–water partition coefficient (Wildman–Crippen LogP) is 1.10. The number of ether oxygens (including phenoxy) is 1. The maximum absolute atomic E-state index is 5.73. The molecule has 3 rings (SSSR count). The lowest BCUT2D eigenvalue weighted by atomic mass is 10.2. The van der Waals surface area contributed by atoms with Crippen molar-refractivity contribution in [3.05, 3.63) is 11.8 Å². The fourth-order valence-electron chi connectivity index (χ4n) is 2.76. The van der Waals surface area contributed by atoms with Crippen molar-refractivity contribution in [1.82, 2.24) is 20.0 Å². The van der Waals surface area contributed by atoms with Crippen LogP contribution in [0.15, 0.2) is 4.42 Å². The summed E-state index contributed by atoms with van der Waals surface area (Å²) < 4.78 is 10.9. The fourth-order valence-corrected chi connectivity index (χ4v) is 2.76. The highest BCUT2D eigenvalue weighted by Crippen LogP contribution is 2.39. The minimum atomic E-state index is 0.539. The molecule has 1 saturated carbocycles. The van der Waals surface area contributed by atoms with Gasteiger partial charge in [-0.15, -0.1) is 10.2 Å². The smallest absolute Gasteiger partial charge is 0.230 e. The Morgan fingerprint density at radius 1 is 1.35 bits per heavy atom. The molecule has 0 amide bonds. The van der Waals surface area contributed by atoms with Gasteiger partial charge in [0.1, 0.15) is 0 Å². The number of methoxy groups -OCH3 is 1. The van der Waals surface area contributed by atoms with Gasteiger partial charge in [-0.3, -0.25) is 9.80 Å². The van der Waals surface area contributed by atoms with E-state index in [2.05, 4.69) is 27.0 Å². The van der Waals surface area contributed by atoms with E-state index in [1.54, 1.807) is 7.11 Å². The summed E-state index contributed by atoms with van der Waals surface area (Å²) in [6.07, 6.45) is 3.60. The zero-order chi connectivity index (χ0) is 13.9. The van der Waals surface area contributed by atoms with Gasteiger partial charge < -0.3 is 9.15 Å². The highest BCUT2D eigenvalue weighted by atomic mass is 16.5. The van der Waals surface area contributed by atoms with Crippen LogP contribution in [-0.2, 0) is 11.3 Å². The first-order chi connectivity index (χ1) is 9.76. The molecule has 1 aromatic heterocycles. The first-order valence-corrected chi connectivity index (χ1v) is 7.50. The minimum Gasteiger partial charge on any atom is -0.424 e. The van der Waals surface area contributed by atoms with Crippen molar-refractivity contribution >= 4 is 0 Å². The molecule has 6 nitrogen and oxygen atoms in total. The lowest BCUT2D eigenvalue weighted by Gasteiger charge is -2.23. The number of hydrogen-bond donors (Lipinski definition) is 0. The van der Waals surface area contributed by atoms with Gasteiger partial charge in [0.05, 0.1) is 13.2 Å². The average molecular weight is 280 g/mol. The zero-order valence-corrected chi connectivity index (χ0v) is 12.4. The molecule has 1 aliphatic heterocycles. The van der Waals surface area contributed by atoms with Crippen LogP contribution in [0, 0.1) is 0 Å². The van der Waals surface area contributed by atoms with Crippen LogP contribution in [0.4, 0.5) is 0 Å². The molecule has 0 N–H and O–H groups in total. The molecule has 0 unspecified atom stereocenters. The van der Waals surface area contributed by atoms with Crippen LogP contribution in [0.25, 0.3) is 0 Å². The van der Waals surface area contributed by atoms with E-state index in [9.17, 15) is 0 Å². The van der Waals surface area contributed by atoms with Crippen molar-refractivity contribution in [3.63, 3.8) is 0 Å². The lowest BCUT2D eigenvalue weighted by Crippen LogP contribution is -2.35. The summed E-state index contributed by atoms with van der Waals surface area (Å²) >= 11 is 0. The van der Waals surface area contributed by atoms with Gasteiger partial charge in [-0.05, 0) is 32.9 Å². The second-order valence-corrected chi connectivity index (χ2v) is 5.96. The summed E-state index contributed by atoms with van der Waals surface area (Å²) in [5.74, 6) is 2.13. The first-order valence-electron chi connectivity index (χ1n) is 7.50. The van der Waals surface area contributed by atoms with Crippen molar-refractivity contribution in [2.24, 2.45) is 0 Å². The third-order valence-corrected chi connectivity index (χ3v) is 4.28. The van der Waals surface area contributed by atoms with Gasteiger partial charge in [0.2, 0.25) is 11.8 Å². The van der Waals surface area contributed by atoms with Gasteiger partial charge in [0.15, 0.2) is 0 Å². The Kier molecular flexibility index (Phi) is 4.33. The minimum absolute atomic E-state index is 0.539. The molecule has 1 saturated heterocycles. The molecule has 20 heavy (non-hydrogen) atoms. The van der Waals surface area contributed by atoms with Gasteiger partial charge in [-0.1, -0.05) is 0 Å². The van der Waals surface area contributed by atoms with Crippen molar-refractivity contribution in [3.8, 4) is 0 Å². The highest BCUT2D eigenvalue weighted by Gasteiger charge is 2.30. The Morgan fingerprint density at radius 2 is 2.20 bits per heavy atom. The van der Waals surface area contributed by atoms with E-state index < -0.39 is 0 Å². The second kappa shape index (κ2) is 6.20. The van der Waals surface area contributed by atoms with E-state index in [4.69, 9.17) is 9.15 Å². The van der Waals surface area contributed by atoms with Crippen molar-refractivity contribution in [1.29, 1.82) is 0 Å². The summed E-state index contributed by atoms with van der Waals surface area (Å²) in [6, 6.07) is 0.572. The molecule has 0 radical (unpaired) electrons. The van der Waals surface area contributed by atoms with Gasteiger partial charge in [0, 0.05) is 32.2 Å². The number of likely N-dealkylation sites (tertiary alicyclic amines) is 1. The molecule has 6 heteroatoms. The van der Waals surface area contributed by atoms with E-state index in [-0.39, 0.29) is 0 Å². The molecular weight excluding hydrogens is 256 g/mol. The maximum Gasteiger partial charge on any atom is 0.230 e. The molecule has 0 aromatic carbocycles. The molecular formula is C14H24N4O2. The SMILES string of the molecule is COCCN1CC[C@H](N(C)Cc2nnc(C3CC3)o2)C1. The number of likely N-dealkylation sites (N-methyl/N-ethyl adjacent to an activating group) is 1. The molecule has 1 aromatic rings. The molecule has 2 fully saturated rings. The predicted molar refractivity (Wildman–Crippen MR) is 74.5 cm³/mol. The number of aromatic nitrogens is 2. The molecule has 2 heterocycles. The summed E-state index contributed by atoms with van der Waals surface area (Å²) in [6.45, 7) is 4.83. The van der Waals surface area contributed by atoms with E-state index >= 15 is 0 Å². The average Bonchev–Trinajstić information content (AvgIpc) is 3.01. The Hall–Kier alpha value is -0.980. The van der Waals surface area contributed by atoms with Crippen LogP contribution in [0.1, 0.15) is 37.0 Å². The molecule has 1 aliphatic carbocycles. The van der Waals surface area contributed by atoms with Gasteiger partial charge in [-0.2, -0.15) is 0 Å². The van der Waals surface area contributed by atoms with E-state index in [1.165, 1.54) is 19.3 Å². The lowest BCUT2D eigenvalue weighted by molar-refractivity contribution is 0.151. The fraction of sp³-hybridized carbons (Fsp3) is 0.857. The van der Waals surface area contributed by atoms with E-state index in [0.717, 1.165) is 44.6 Å². The first kappa shape index (κ1) is 14.0. The third-order valence-electron chi connectivity index (χ3n) is 4.28. The number of hydrogen-bond acceptors (Lipinski definition) is 6. The summed E-state index contributed by atoms with van der Waals surface area (Å²) in [7, 11) is 3.90. The molecule has 0 spiro atoms. The molecule has 112 valence electrons. The van der Waals surface area contributed by atoms with Gasteiger partial charge in [0.25, 0.3) is 0 Å². The molecule has 1 atom stereocenters. The van der Waals surface area contributed by atoms with Crippen LogP contribution >= 0.6 is 0 Å². The number of rotatable bonds is 7. The maximum atomic E-state index is 5.73. The standard InChI is InChI=1S/C14H24N4O2/c1-17(12-5-6-18(9-12)7-8-19-2)10-13-15-16-14(20-13)11-3-4-11/h11-12H,3-10H2,1-2H3/t12-/m0/s1. The Morgan fingerprint density at radius 3 is 2.95 bits per heavy atom. The quantitative estimate of drug-likeness (QED) is 0.745. The largest absolute Gasteiger partial charge is 0.424 e. The summed E-state index contributed by atoms with van der Waals surface area (Å²) in [5.41, 5.74) is 0. The van der Waals surface area contributed by atoms with Crippen LogP contribution in [0.3, 0.4) is 0 Å². The van der Waals surface area contributed by atoms with E-state index in [1.807, 2.05) is 0 Å². The van der Waals surface area contributed by atoms with Crippen LogP contribution < -0.4 is 0 Å². The summed E-state index contributed by atoms with van der Waals surface area (Å²) in [5, 5.41) is 8.31. The van der Waals surface area contributed by atoms with Gasteiger partial charge in [-0.25, -0.2) is 0 Å². The number of nitrogens with zero attached hydrogens (tertiary/aromatic N) is 4. The van der Waals surface area contributed by atoms with Crippen LogP contribution in [0.2, 0.25) is 0 Å².